The largest absolute Gasteiger partial charge is 0.334 e. The van der Waals surface area contributed by atoms with Crippen LogP contribution in [0.3, 0.4) is 0 Å². The van der Waals surface area contributed by atoms with Gasteiger partial charge < -0.3 is 10.2 Å². The van der Waals surface area contributed by atoms with Gasteiger partial charge in [-0.1, -0.05) is 0 Å². The second-order valence-electron chi connectivity index (χ2n) is 6.13. The van der Waals surface area contributed by atoms with Crippen molar-refractivity contribution in [1.29, 1.82) is 0 Å². The number of nitro benzene ring substituents is 1. The van der Waals surface area contributed by atoms with Gasteiger partial charge in [0.05, 0.1) is 10.2 Å². The molecule has 3 unspecified atom stereocenters. The number of carbonyl (C=O) groups is 1. The minimum atomic E-state index is -0.412. The third-order valence-electron chi connectivity index (χ3n) is 4.62. The lowest BCUT2D eigenvalue weighted by atomic mass is 10.1. The summed E-state index contributed by atoms with van der Waals surface area (Å²) >= 11 is 1.47. The van der Waals surface area contributed by atoms with Crippen LogP contribution in [0, 0.1) is 10.1 Å². The zero-order chi connectivity index (χ0) is 16.4. The van der Waals surface area contributed by atoms with E-state index in [0.29, 0.717) is 12.1 Å². The van der Waals surface area contributed by atoms with E-state index in [1.54, 1.807) is 12.1 Å². The SMILES string of the molecule is CC(Sc1ccc([N+](=O)[O-])cc1)C(=O)N1C2CCNCC1CC2. The van der Waals surface area contributed by atoms with E-state index in [1.165, 1.54) is 23.9 Å². The van der Waals surface area contributed by atoms with Crippen LogP contribution >= 0.6 is 11.8 Å². The van der Waals surface area contributed by atoms with Crippen LogP contribution in [0.5, 0.6) is 0 Å². The standard InChI is InChI=1S/C16H21N3O3S/c1-11(23-15-6-4-13(5-7-15)19(21)22)16(20)18-12-2-3-14(18)10-17-9-8-12/h4-7,11-12,14,17H,2-3,8-10H2,1H3. The molecule has 0 aliphatic carbocycles. The van der Waals surface area contributed by atoms with Gasteiger partial charge in [-0.15, -0.1) is 11.8 Å². The van der Waals surface area contributed by atoms with Gasteiger partial charge in [0.25, 0.3) is 5.69 Å². The molecule has 2 bridgehead atoms. The fourth-order valence-electron chi connectivity index (χ4n) is 3.45. The summed E-state index contributed by atoms with van der Waals surface area (Å²) in [4.78, 5) is 26.1. The molecule has 6 nitrogen and oxygen atoms in total. The molecule has 2 aliphatic rings. The second-order valence-corrected chi connectivity index (χ2v) is 7.55. The molecule has 2 heterocycles. The van der Waals surface area contributed by atoms with Crippen molar-refractivity contribution in [3.63, 3.8) is 0 Å². The molecule has 23 heavy (non-hydrogen) atoms. The van der Waals surface area contributed by atoms with Crippen LogP contribution in [0.1, 0.15) is 26.2 Å². The van der Waals surface area contributed by atoms with E-state index < -0.39 is 4.92 Å². The molecule has 2 fully saturated rings. The number of nitro groups is 1. The van der Waals surface area contributed by atoms with Crippen molar-refractivity contribution in [2.45, 2.75) is 48.4 Å². The number of non-ortho nitro benzene ring substituents is 1. The normalized spacial score (nSPS) is 25.0. The smallest absolute Gasteiger partial charge is 0.269 e. The highest BCUT2D eigenvalue weighted by Crippen LogP contribution is 2.32. The lowest BCUT2D eigenvalue weighted by Gasteiger charge is -2.30. The highest BCUT2D eigenvalue weighted by Gasteiger charge is 2.39. The number of hydrogen-bond acceptors (Lipinski definition) is 5. The lowest BCUT2D eigenvalue weighted by molar-refractivity contribution is -0.384. The molecule has 0 aromatic heterocycles. The molecule has 3 atom stereocenters. The zero-order valence-corrected chi connectivity index (χ0v) is 13.9. The molecule has 1 aromatic rings. The molecule has 0 spiro atoms. The number of hydrogen-bond donors (Lipinski definition) is 1. The highest BCUT2D eigenvalue weighted by atomic mass is 32.2. The number of thioether (sulfide) groups is 1. The Hall–Kier alpha value is -1.60. The Kier molecular flexibility index (Phi) is 4.87. The number of nitrogens with one attached hydrogen (secondary N) is 1. The van der Waals surface area contributed by atoms with Gasteiger partial charge in [-0.2, -0.15) is 0 Å². The van der Waals surface area contributed by atoms with E-state index in [4.69, 9.17) is 0 Å². The van der Waals surface area contributed by atoms with Crippen LogP contribution in [0.15, 0.2) is 29.2 Å². The van der Waals surface area contributed by atoms with Gasteiger partial charge >= 0.3 is 0 Å². The fraction of sp³-hybridized carbons (Fsp3) is 0.562. The third-order valence-corrected chi connectivity index (χ3v) is 5.72. The van der Waals surface area contributed by atoms with Crippen molar-refractivity contribution in [3.8, 4) is 0 Å². The fourth-order valence-corrected chi connectivity index (χ4v) is 4.38. The molecular weight excluding hydrogens is 314 g/mol. The average molecular weight is 335 g/mol. The average Bonchev–Trinajstić information content (AvgIpc) is 2.80. The van der Waals surface area contributed by atoms with Gasteiger partial charge in [0.1, 0.15) is 0 Å². The molecule has 3 rings (SSSR count). The van der Waals surface area contributed by atoms with Crippen LogP contribution in [0.25, 0.3) is 0 Å². The van der Waals surface area contributed by atoms with E-state index in [2.05, 4.69) is 10.2 Å². The molecule has 2 saturated heterocycles. The van der Waals surface area contributed by atoms with Crippen molar-refractivity contribution in [2.24, 2.45) is 0 Å². The number of rotatable bonds is 4. The lowest BCUT2D eigenvalue weighted by Crippen LogP contribution is -2.45. The Morgan fingerprint density at radius 3 is 2.70 bits per heavy atom. The highest BCUT2D eigenvalue weighted by molar-refractivity contribution is 8.00. The first-order valence-electron chi connectivity index (χ1n) is 8.00. The maximum absolute atomic E-state index is 12.9. The number of nitrogens with zero attached hydrogens (tertiary/aromatic N) is 2. The molecule has 1 aromatic carbocycles. The quantitative estimate of drug-likeness (QED) is 0.519. The molecular formula is C16H21N3O3S. The minimum absolute atomic E-state index is 0.0740. The first-order valence-corrected chi connectivity index (χ1v) is 8.88. The van der Waals surface area contributed by atoms with E-state index >= 15 is 0 Å². The molecule has 7 heteroatoms. The Morgan fingerprint density at radius 2 is 2.00 bits per heavy atom. The monoisotopic (exact) mass is 335 g/mol. The zero-order valence-electron chi connectivity index (χ0n) is 13.1. The summed E-state index contributed by atoms with van der Waals surface area (Å²) in [7, 11) is 0. The summed E-state index contributed by atoms with van der Waals surface area (Å²) in [5.41, 5.74) is 0.0740. The predicted molar refractivity (Wildman–Crippen MR) is 89.6 cm³/mol. The van der Waals surface area contributed by atoms with Gasteiger partial charge in [-0.3, -0.25) is 14.9 Å². The summed E-state index contributed by atoms with van der Waals surface area (Å²) in [6, 6.07) is 7.08. The van der Waals surface area contributed by atoms with E-state index in [1.807, 2.05) is 6.92 Å². The Balaban J connectivity index is 1.66. The maximum atomic E-state index is 12.9. The van der Waals surface area contributed by atoms with Gasteiger partial charge in [0.15, 0.2) is 0 Å². The van der Waals surface area contributed by atoms with Crippen molar-refractivity contribution >= 4 is 23.4 Å². The Labute approximate surface area is 139 Å². The second kappa shape index (κ2) is 6.88. The van der Waals surface area contributed by atoms with Crippen LogP contribution in [-0.4, -0.2) is 46.2 Å². The summed E-state index contributed by atoms with van der Waals surface area (Å²) in [6.45, 7) is 3.79. The van der Waals surface area contributed by atoms with Gasteiger partial charge in [0.2, 0.25) is 5.91 Å². The summed E-state index contributed by atoms with van der Waals surface area (Å²) in [5, 5.41) is 13.9. The maximum Gasteiger partial charge on any atom is 0.269 e. The van der Waals surface area contributed by atoms with E-state index in [0.717, 1.165) is 37.2 Å². The number of fused-ring (bicyclic) bond motifs is 2. The molecule has 0 radical (unpaired) electrons. The van der Waals surface area contributed by atoms with E-state index in [9.17, 15) is 14.9 Å². The van der Waals surface area contributed by atoms with Gasteiger partial charge in [-0.05, 0) is 44.9 Å². The van der Waals surface area contributed by atoms with Crippen molar-refractivity contribution in [2.75, 3.05) is 13.1 Å². The summed E-state index contributed by atoms with van der Waals surface area (Å²) in [6.07, 6.45) is 3.21. The molecule has 2 aliphatic heterocycles. The molecule has 0 saturated carbocycles. The molecule has 124 valence electrons. The van der Waals surface area contributed by atoms with Crippen molar-refractivity contribution in [1.82, 2.24) is 10.2 Å². The Morgan fingerprint density at radius 1 is 1.30 bits per heavy atom. The summed E-state index contributed by atoms with van der Waals surface area (Å²) in [5.74, 6) is 0.185. The van der Waals surface area contributed by atoms with Crippen LogP contribution < -0.4 is 5.32 Å². The molecule has 1 amide bonds. The van der Waals surface area contributed by atoms with Crippen LogP contribution in [-0.2, 0) is 4.79 Å². The van der Waals surface area contributed by atoms with Gasteiger partial charge in [-0.25, -0.2) is 0 Å². The first-order chi connectivity index (χ1) is 11.1. The third kappa shape index (κ3) is 3.50. The number of carbonyl (C=O) groups excluding carboxylic acids is 1. The Bertz CT molecular complexity index is 579. The molecule has 1 N–H and O–H groups in total. The topological polar surface area (TPSA) is 75.5 Å². The van der Waals surface area contributed by atoms with Crippen molar-refractivity contribution in [3.05, 3.63) is 34.4 Å². The first kappa shape index (κ1) is 16.3. The van der Waals surface area contributed by atoms with Gasteiger partial charge in [0, 0.05) is 35.7 Å². The number of benzene rings is 1. The number of amides is 1. The van der Waals surface area contributed by atoms with Crippen molar-refractivity contribution < 1.29 is 9.72 Å². The predicted octanol–water partition coefficient (Wildman–Crippen LogP) is 2.43. The van der Waals surface area contributed by atoms with E-state index in [-0.39, 0.29) is 16.8 Å². The van der Waals surface area contributed by atoms with Crippen LogP contribution in [0.4, 0.5) is 5.69 Å². The summed E-state index contributed by atoms with van der Waals surface area (Å²) < 4.78 is 0. The van der Waals surface area contributed by atoms with Crippen LogP contribution in [0.2, 0.25) is 0 Å². The minimum Gasteiger partial charge on any atom is -0.334 e.